The van der Waals surface area contributed by atoms with Crippen LogP contribution in [0.5, 0.6) is 0 Å². The summed E-state index contributed by atoms with van der Waals surface area (Å²) in [4.78, 5) is 40.4. The standard InChI is InChI=1S/C43H46F3N7O5/c1-27-30(16-11-17-32(27)43(44,45)46)22-35-34(25-47-40(55)36-23-31(54)26-52(36)41(56)58-42(2,3)4)49-39-33(24-37(50-53(35)39)51-18-20-57-21-19-51)48-38(28-12-7-5-8-13-28)29-14-9-6-10-15-29/h5-17,24,31,36,54H,18-23,25-26H2,1-4H3,(H,47,55)/t31-,36+/m1/s1. The van der Waals surface area contributed by atoms with Crippen molar-refractivity contribution in [3.05, 3.63) is 124 Å². The predicted octanol–water partition coefficient (Wildman–Crippen LogP) is 6.64. The fraction of sp³-hybridized carbons (Fsp3) is 0.372. The Bertz CT molecular complexity index is 2260. The van der Waals surface area contributed by atoms with Crippen LogP contribution in [-0.2, 0) is 33.4 Å². The molecule has 15 heteroatoms. The quantitative estimate of drug-likeness (QED) is 0.159. The van der Waals surface area contributed by atoms with Gasteiger partial charge < -0.3 is 24.8 Å². The first-order valence-corrected chi connectivity index (χ1v) is 19.2. The van der Waals surface area contributed by atoms with Gasteiger partial charge in [0.05, 0.1) is 55.1 Å². The smallest absolute Gasteiger partial charge is 0.416 e. The van der Waals surface area contributed by atoms with Crippen molar-refractivity contribution in [2.45, 2.75) is 71.0 Å². The van der Waals surface area contributed by atoms with Crippen molar-refractivity contribution in [2.75, 3.05) is 37.7 Å². The highest BCUT2D eigenvalue weighted by Crippen LogP contribution is 2.35. The molecular formula is C43H46F3N7O5. The molecule has 2 N–H and O–H groups in total. The van der Waals surface area contributed by atoms with E-state index in [0.29, 0.717) is 66.1 Å². The molecule has 0 saturated carbocycles. The number of likely N-dealkylation sites (tertiary alicyclic amines) is 1. The van der Waals surface area contributed by atoms with E-state index in [1.54, 1.807) is 31.4 Å². The summed E-state index contributed by atoms with van der Waals surface area (Å²) in [6.07, 6.45) is -6.26. The second-order valence-corrected chi connectivity index (χ2v) is 15.4. The van der Waals surface area contributed by atoms with E-state index in [0.717, 1.165) is 17.2 Å². The molecule has 12 nitrogen and oxygen atoms in total. The SMILES string of the molecule is Cc1c(Cc2c(CNC(=O)[C@@H]3C[C@@H](O)CN3C(=O)OC(C)(C)C)nc3c(N=C(c4ccccc4)c4ccccc4)cc(N4CCOCC4)nn23)cccc1C(F)(F)F. The number of morpholine rings is 1. The predicted molar refractivity (Wildman–Crippen MR) is 212 cm³/mol. The molecule has 2 aliphatic heterocycles. The Morgan fingerprint density at radius 2 is 1.62 bits per heavy atom. The second kappa shape index (κ2) is 16.6. The minimum atomic E-state index is -4.57. The van der Waals surface area contributed by atoms with Crippen LogP contribution >= 0.6 is 0 Å². The van der Waals surface area contributed by atoms with Gasteiger partial charge in [0.1, 0.15) is 17.3 Å². The number of nitrogens with zero attached hydrogens (tertiary/aromatic N) is 6. The molecular weight excluding hydrogens is 752 g/mol. The van der Waals surface area contributed by atoms with Gasteiger partial charge in [-0.2, -0.15) is 13.2 Å². The lowest BCUT2D eigenvalue weighted by atomic mass is 9.98. The molecule has 0 aliphatic carbocycles. The molecule has 2 aliphatic rings. The maximum atomic E-state index is 14.2. The number of aliphatic imine (C=N–C) groups is 1. The van der Waals surface area contributed by atoms with Crippen LogP contribution in [-0.4, -0.2) is 92.9 Å². The Hall–Kier alpha value is -5.80. The zero-order valence-corrected chi connectivity index (χ0v) is 32.8. The second-order valence-electron chi connectivity index (χ2n) is 15.4. The molecule has 7 rings (SSSR count). The van der Waals surface area contributed by atoms with Gasteiger partial charge in [-0.05, 0) is 44.9 Å². The molecule has 4 heterocycles. The summed E-state index contributed by atoms with van der Waals surface area (Å²) < 4.78 is 55.2. The summed E-state index contributed by atoms with van der Waals surface area (Å²) in [5.41, 5.74) is 2.82. The van der Waals surface area contributed by atoms with Crippen molar-refractivity contribution in [1.82, 2.24) is 24.8 Å². The lowest BCUT2D eigenvalue weighted by Gasteiger charge is -2.28. The third-order valence-corrected chi connectivity index (χ3v) is 10.1. The number of ether oxygens (including phenoxy) is 2. The van der Waals surface area contributed by atoms with E-state index in [4.69, 9.17) is 24.5 Å². The zero-order chi connectivity index (χ0) is 41.2. The van der Waals surface area contributed by atoms with Gasteiger partial charge in [-0.15, -0.1) is 5.10 Å². The number of carbonyl (C=O) groups excluding carboxylic acids is 2. The summed E-state index contributed by atoms with van der Waals surface area (Å²) in [6, 6.07) is 24.3. The van der Waals surface area contributed by atoms with Gasteiger partial charge in [-0.3, -0.25) is 9.69 Å². The number of hydrogen-bond acceptors (Lipinski definition) is 9. The Kier molecular flexibility index (Phi) is 11.6. The highest BCUT2D eigenvalue weighted by molar-refractivity contribution is 6.14. The first-order valence-electron chi connectivity index (χ1n) is 19.2. The van der Waals surface area contributed by atoms with E-state index in [1.165, 1.54) is 17.9 Å². The molecule has 2 amide bonds. The number of aliphatic hydroxyl groups is 1. The first kappa shape index (κ1) is 40.4. The fourth-order valence-corrected chi connectivity index (χ4v) is 7.27. The number of benzene rings is 3. The van der Waals surface area contributed by atoms with Crippen LogP contribution in [0.15, 0.2) is 89.9 Å². The molecule has 2 aromatic heterocycles. The number of amides is 2. The number of β-amino-alcohol motifs (C(OH)–C–C–N with tert-alkyl or cyclic N) is 1. The third-order valence-electron chi connectivity index (χ3n) is 10.1. The molecule has 2 atom stereocenters. The van der Waals surface area contributed by atoms with Crippen molar-refractivity contribution in [3.8, 4) is 0 Å². The summed E-state index contributed by atoms with van der Waals surface area (Å²) in [5.74, 6) is 0.0225. The lowest BCUT2D eigenvalue weighted by Crippen LogP contribution is -2.47. The number of halogens is 3. The molecule has 0 bridgehead atoms. The molecule has 3 aromatic carbocycles. The summed E-state index contributed by atoms with van der Waals surface area (Å²) in [6.45, 7) is 8.38. The van der Waals surface area contributed by atoms with Crippen molar-refractivity contribution in [2.24, 2.45) is 4.99 Å². The lowest BCUT2D eigenvalue weighted by molar-refractivity contribution is -0.138. The number of imidazole rings is 1. The number of rotatable bonds is 9. The molecule has 58 heavy (non-hydrogen) atoms. The van der Waals surface area contributed by atoms with Crippen molar-refractivity contribution in [3.63, 3.8) is 0 Å². The zero-order valence-electron chi connectivity index (χ0n) is 32.8. The minimum Gasteiger partial charge on any atom is -0.444 e. The van der Waals surface area contributed by atoms with Gasteiger partial charge >= 0.3 is 12.3 Å². The number of nitrogens with one attached hydrogen (secondary N) is 1. The Morgan fingerprint density at radius 1 is 0.966 bits per heavy atom. The number of carbonyl (C=O) groups is 2. The van der Waals surface area contributed by atoms with E-state index >= 15 is 0 Å². The van der Waals surface area contributed by atoms with Crippen molar-refractivity contribution in [1.29, 1.82) is 0 Å². The number of aromatic nitrogens is 3. The Labute approximate surface area is 334 Å². The molecule has 0 radical (unpaired) electrons. The Morgan fingerprint density at radius 3 is 2.24 bits per heavy atom. The molecule has 5 aromatic rings. The van der Waals surface area contributed by atoms with Gasteiger partial charge in [-0.1, -0.05) is 72.8 Å². The number of fused-ring (bicyclic) bond motifs is 1. The number of aliphatic hydroxyl groups excluding tert-OH is 1. The van der Waals surface area contributed by atoms with Crippen LogP contribution in [0.4, 0.5) is 29.5 Å². The number of alkyl halides is 3. The van der Waals surface area contributed by atoms with E-state index < -0.39 is 41.5 Å². The monoisotopic (exact) mass is 797 g/mol. The van der Waals surface area contributed by atoms with Crippen LogP contribution in [0.3, 0.4) is 0 Å². The fourth-order valence-electron chi connectivity index (χ4n) is 7.27. The van der Waals surface area contributed by atoms with Crippen LogP contribution < -0.4 is 10.2 Å². The van der Waals surface area contributed by atoms with Crippen LogP contribution in [0.25, 0.3) is 5.65 Å². The van der Waals surface area contributed by atoms with Crippen LogP contribution in [0, 0.1) is 6.92 Å². The van der Waals surface area contributed by atoms with Crippen LogP contribution in [0.1, 0.15) is 66.4 Å². The average molecular weight is 798 g/mol. The van der Waals surface area contributed by atoms with E-state index in [2.05, 4.69) is 10.2 Å². The van der Waals surface area contributed by atoms with Gasteiger partial charge in [0.25, 0.3) is 0 Å². The highest BCUT2D eigenvalue weighted by Gasteiger charge is 2.41. The molecule has 2 fully saturated rings. The van der Waals surface area contributed by atoms with Gasteiger partial charge in [0, 0.05) is 43.1 Å². The molecule has 304 valence electrons. The largest absolute Gasteiger partial charge is 0.444 e. The summed E-state index contributed by atoms with van der Waals surface area (Å²) >= 11 is 0. The van der Waals surface area contributed by atoms with Gasteiger partial charge in [-0.25, -0.2) is 19.3 Å². The third kappa shape index (κ3) is 9.00. The Balaban J connectivity index is 1.37. The minimum absolute atomic E-state index is 0.00238. The van der Waals surface area contributed by atoms with E-state index in [9.17, 15) is 27.9 Å². The normalized spacial score (nSPS) is 17.4. The van der Waals surface area contributed by atoms with Crippen molar-refractivity contribution >= 4 is 34.9 Å². The summed E-state index contributed by atoms with van der Waals surface area (Å²) in [7, 11) is 0. The molecule has 2 saturated heterocycles. The van der Waals surface area contributed by atoms with E-state index in [1.807, 2.05) is 66.7 Å². The highest BCUT2D eigenvalue weighted by atomic mass is 19.4. The van der Waals surface area contributed by atoms with E-state index in [-0.39, 0.29) is 31.5 Å². The van der Waals surface area contributed by atoms with Crippen LogP contribution in [0.2, 0.25) is 0 Å². The number of hydrogen-bond donors (Lipinski definition) is 2. The van der Waals surface area contributed by atoms with Crippen molar-refractivity contribution < 1.29 is 37.3 Å². The molecule has 0 spiro atoms. The summed E-state index contributed by atoms with van der Waals surface area (Å²) in [5, 5.41) is 18.4. The average Bonchev–Trinajstić information content (AvgIpc) is 3.76. The maximum Gasteiger partial charge on any atom is 0.416 e. The van der Waals surface area contributed by atoms with Gasteiger partial charge in [0.2, 0.25) is 5.91 Å². The topological polar surface area (TPSA) is 134 Å². The maximum absolute atomic E-state index is 14.2. The van der Waals surface area contributed by atoms with Gasteiger partial charge in [0.15, 0.2) is 11.5 Å². The molecule has 0 unspecified atom stereocenters. The first-order chi connectivity index (χ1) is 27.7. The number of anilines is 1.